The van der Waals surface area contributed by atoms with Crippen LogP contribution in [0.2, 0.25) is 0 Å². The van der Waals surface area contributed by atoms with Gasteiger partial charge in [0.1, 0.15) is 16.9 Å². The highest BCUT2D eigenvalue weighted by molar-refractivity contribution is 7.08. The molecule has 0 aliphatic carbocycles. The SMILES string of the molecule is COc1nsc(OC)c1-c1cnc2c(F)cccc2c1. The normalized spacial score (nSPS) is 10.8. The van der Waals surface area contributed by atoms with Gasteiger partial charge >= 0.3 is 0 Å². The van der Waals surface area contributed by atoms with Crippen molar-refractivity contribution in [2.45, 2.75) is 0 Å². The van der Waals surface area contributed by atoms with Crippen LogP contribution in [-0.4, -0.2) is 23.6 Å². The summed E-state index contributed by atoms with van der Waals surface area (Å²) in [6.45, 7) is 0. The molecule has 0 fully saturated rings. The first-order valence-electron chi connectivity index (χ1n) is 5.87. The zero-order valence-corrected chi connectivity index (χ0v) is 11.7. The fraction of sp³-hybridized carbons (Fsp3) is 0.143. The lowest BCUT2D eigenvalue weighted by atomic mass is 10.1. The third-order valence-corrected chi connectivity index (χ3v) is 3.75. The van der Waals surface area contributed by atoms with Crippen molar-refractivity contribution in [1.29, 1.82) is 0 Å². The molecule has 3 rings (SSSR count). The molecule has 0 aliphatic heterocycles. The number of para-hydroxylation sites is 1. The molecule has 0 N–H and O–H groups in total. The van der Waals surface area contributed by atoms with Crippen molar-refractivity contribution in [3.63, 3.8) is 0 Å². The number of pyridine rings is 1. The van der Waals surface area contributed by atoms with Crippen molar-refractivity contribution >= 4 is 22.4 Å². The zero-order chi connectivity index (χ0) is 14.1. The number of rotatable bonds is 3. The highest BCUT2D eigenvalue weighted by Gasteiger charge is 2.18. The number of benzene rings is 1. The standard InChI is InChI=1S/C14H11FN2O2S/c1-18-13-11(14(19-2)20-17-13)9-6-8-4-3-5-10(15)12(8)16-7-9/h3-7H,1-2H3. The van der Waals surface area contributed by atoms with Gasteiger partial charge in [-0.05, 0) is 12.1 Å². The van der Waals surface area contributed by atoms with Crippen LogP contribution in [0.1, 0.15) is 0 Å². The summed E-state index contributed by atoms with van der Waals surface area (Å²) in [4.78, 5) is 4.18. The van der Waals surface area contributed by atoms with Crippen molar-refractivity contribution < 1.29 is 13.9 Å². The molecule has 0 saturated carbocycles. The van der Waals surface area contributed by atoms with Gasteiger partial charge in [-0.3, -0.25) is 4.98 Å². The third kappa shape index (κ3) is 1.98. The lowest BCUT2D eigenvalue weighted by molar-refractivity contribution is 0.398. The summed E-state index contributed by atoms with van der Waals surface area (Å²) in [5, 5.41) is 1.36. The average Bonchev–Trinajstić information content (AvgIpc) is 2.90. The molecule has 2 heterocycles. The minimum absolute atomic E-state index is 0.337. The van der Waals surface area contributed by atoms with Gasteiger partial charge in [-0.1, -0.05) is 12.1 Å². The lowest BCUT2D eigenvalue weighted by Crippen LogP contribution is -1.90. The van der Waals surface area contributed by atoms with Gasteiger partial charge in [0.05, 0.1) is 14.2 Å². The molecule has 4 nitrogen and oxygen atoms in total. The first-order chi connectivity index (χ1) is 9.74. The number of fused-ring (bicyclic) bond motifs is 1. The highest BCUT2D eigenvalue weighted by atomic mass is 32.1. The zero-order valence-electron chi connectivity index (χ0n) is 10.9. The second-order valence-corrected chi connectivity index (χ2v) is 4.83. The number of methoxy groups -OCH3 is 2. The number of hydrogen-bond donors (Lipinski definition) is 0. The Bertz CT molecular complexity index is 751. The van der Waals surface area contributed by atoms with E-state index in [0.717, 1.165) is 16.5 Å². The molecule has 0 aliphatic rings. The van der Waals surface area contributed by atoms with Crippen LogP contribution >= 0.6 is 11.5 Å². The Kier molecular flexibility index (Phi) is 3.23. The molecule has 2 aromatic heterocycles. The van der Waals surface area contributed by atoms with E-state index in [1.54, 1.807) is 26.5 Å². The molecular formula is C14H11FN2O2S. The van der Waals surface area contributed by atoms with Crippen LogP contribution in [-0.2, 0) is 0 Å². The fourth-order valence-corrected chi connectivity index (χ4v) is 2.74. The van der Waals surface area contributed by atoms with Crippen LogP contribution in [0, 0.1) is 5.82 Å². The molecule has 0 amide bonds. The third-order valence-electron chi connectivity index (χ3n) is 2.96. The first-order valence-corrected chi connectivity index (χ1v) is 6.64. The van der Waals surface area contributed by atoms with Crippen molar-refractivity contribution in [2.24, 2.45) is 0 Å². The maximum atomic E-state index is 13.6. The topological polar surface area (TPSA) is 44.2 Å². The summed E-state index contributed by atoms with van der Waals surface area (Å²) < 4.78 is 28.3. The maximum absolute atomic E-state index is 13.6. The van der Waals surface area contributed by atoms with Gasteiger partial charge in [0, 0.05) is 28.7 Å². The van der Waals surface area contributed by atoms with Crippen LogP contribution in [0.4, 0.5) is 4.39 Å². The van der Waals surface area contributed by atoms with Crippen molar-refractivity contribution in [2.75, 3.05) is 14.2 Å². The number of ether oxygens (including phenoxy) is 2. The van der Waals surface area contributed by atoms with E-state index in [1.807, 2.05) is 12.1 Å². The van der Waals surface area contributed by atoms with E-state index in [-0.39, 0.29) is 5.82 Å². The van der Waals surface area contributed by atoms with Crippen LogP contribution in [0.5, 0.6) is 10.9 Å². The molecule has 0 atom stereocenters. The van der Waals surface area contributed by atoms with E-state index in [2.05, 4.69) is 9.36 Å². The largest absolute Gasteiger partial charge is 0.486 e. The van der Waals surface area contributed by atoms with E-state index in [0.29, 0.717) is 16.5 Å². The molecule has 0 unspecified atom stereocenters. The van der Waals surface area contributed by atoms with Gasteiger partial charge in [0.25, 0.3) is 0 Å². The average molecular weight is 290 g/mol. The summed E-state index contributed by atoms with van der Waals surface area (Å²) in [6.07, 6.45) is 1.60. The lowest BCUT2D eigenvalue weighted by Gasteiger charge is -2.06. The van der Waals surface area contributed by atoms with Crippen LogP contribution < -0.4 is 9.47 Å². The summed E-state index contributed by atoms with van der Waals surface area (Å²) in [5.74, 6) is 0.140. The predicted octanol–water partition coefficient (Wildman–Crippen LogP) is 3.51. The molecule has 6 heteroatoms. The fourth-order valence-electron chi connectivity index (χ4n) is 2.04. The Morgan fingerprint density at radius 3 is 2.80 bits per heavy atom. The van der Waals surface area contributed by atoms with Crippen LogP contribution in [0.25, 0.3) is 22.0 Å². The van der Waals surface area contributed by atoms with Gasteiger partial charge < -0.3 is 9.47 Å². The summed E-state index contributed by atoms with van der Waals surface area (Å²) >= 11 is 1.21. The molecule has 1 aromatic carbocycles. The van der Waals surface area contributed by atoms with Gasteiger partial charge in [-0.2, -0.15) is 4.37 Å². The second-order valence-electron chi connectivity index (χ2n) is 4.09. The summed E-state index contributed by atoms with van der Waals surface area (Å²) in [5.41, 5.74) is 1.86. The Balaban J connectivity index is 2.22. The number of hydrogen-bond acceptors (Lipinski definition) is 5. The number of nitrogens with zero attached hydrogens (tertiary/aromatic N) is 2. The molecule has 0 saturated heterocycles. The predicted molar refractivity (Wildman–Crippen MR) is 75.9 cm³/mol. The Morgan fingerprint density at radius 2 is 2.05 bits per heavy atom. The van der Waals surface area contributed by atoms with Gasteiger partial charge in [-0.25, -0.2) is 4.39 Å². The molecule has 20 heavy (non-hydrogen) atoms. The van der Waals surface area contributed by atoms with Gasteiger partial charge in [-0.15, -0.1) is 0 Å². The quantitative estimate of drug-likeness (QED) is 0.740. The van der Waals surface area contributed by atoms with E-state index in [1.165, 1.54) is 17.6 Å². The molecule has 0 radical (unpaired) electrons. The second kappa shape index (κ2) is 5.05. The molecule has 3 aromatic rings. The van der Waals surface area contributed by atoms with Gasteiger partial charge in [0.15, 0.2) is 0 Å². The van der Waals surface area contributed by atoms with Crippen molar-refractivity contribution in [3.05, 3.63) is 36.3 Å². The van der Waals surface area contributed by atoms with Crippen molar-refractivity contribution in [3.8, 4) is 22.1 Å². The van der Waals surface area contributed by atoms with Crippen LogP contribution in [0.3, 0.4) is 0 Å². The van der Waals surface area contributed by atoms with E-state index < -0.39 is 0 Å². The Morgan fingerprint density at radius 1 is 1.20 bits per heavy atom. The Hall–Kier alpha value is -2.21. The monoisotopic (exact) mass is 290 g/mol. The number of aromatic nitrogens is 2. The summed E-state index contributed by atoms with van der Waals surface area (Å²) in [6, 6.07) is 6.71. The van der Waals surface area contributed by atoms with Gasteiger partial charge in [0.2, 0.25) is 10.9 Å². The first kappa shape index (κ1) is 12.8. The molecule has 0 bridgehead atoms. The maximum Gasteiger partial charge on any atom is 0.236 e. The smallest absolute Gasteiger partial charge is 0.236 e. The minimum atomic E-state index is -0.337. The Labute approximate surface area is 119 Å². The highest BCUT2D eigenvalue weighted by Crippen LogP contribution is 2.41. The van der Waals surface area contributed by atoms with E-state index >= 15 is 0 Å². The summed E-state index contributed by atoms with van der Waals surface area (Å²) in [7, 11) is 3.12. The number of halogens is 1. The molecule has 0 spiro atoms. The van der Waals surface area contributed by atoms with E-state index in [4.69, 9.17) is 9.47 Å². The van der Waals surface area contributed by atoms with E-state index in [9.17, 15) is 4.39 Å². The minimum Gasteiger partial charge on any atom is -0.486 e. The van der Waals surface area contributed by atoms with Crippen molar-refractivity contribution in [1.82, 2.24) is 9.36 Å². The molecular weight excluding hydrogens is 279 g/mol. The molecule has 102 valence electrons. The van der Waals surface area contributed by atoms with Crippen LogP contribution in [0.15, 0.2) is 30.5 Å².